The van der Waals surface area contributed by atoms with Gasteiger partial charge in [-0.2, -0.15) is 5.26 Å². The van der Waals surface area contributed by atoms with Crippen molar-refractivity contribution in [2.75, 3.05) is 5.32 Å². The topological polar surface area (TPSA) is 35.8 Å². The van der Waals surface area contributed by atoms with Crippen molar-refractivity contribution in [1.82, 2.24) is 0 Å². The first kappa shape index (κ1) is 9.60. The van der Waals surface area contributed by atoms with Crippen LogP contribution in [-0.4, -0.2) is 5.54 Å². The van der Waals surface area contributed by atoms with Crippen LogP contribution >= 0.6 is 0 Å². The first-order chi connectivity index (χ1) is 6.01. The highest BCUT2D eigenvalue weighted by atomic mass is 14.9. The molecule has 0 heterocycles. The van der Waals surface area contributed by atoms with E-state index in [1.807, 2.05) is 24.3 Å². The number of anilines is 1. The highest BCUT2D eigenvalue weighted by molar-refractivity contribution is 5.48. The SMILES string of the molecule is CC(C)(C)Nc1ccc(C#N)cc1. The van der Waals surface area contributed by atoms with E-state index < -0.39 is 0 Å². The molecule has 2 nitrogen and oxygen atoms in total. The van der Waals surface area contributed by atoms with Crippen molar-refractivity contribution in [2.24, 2.45) is 0 Å². The molecular weight excluding hydrogens is 160 g/mol. The van der Waals surface area contributed by atoms with E-state index in [2.05, 4.69) is 32.2 Å². The molecule has 1 N–H and O–H groups in total. The zero-order chi connectivity index (χ0) is 9.90. The summed E-state index contributed by atoms with van der Waals surface area (Å²) in [6, 6.07) is 9.56. The fraction of sp³-hybridized carbons (Fsp3) is 0.364. The van der Waals surface area contributed by atoms with Crippen molar-refractivity contribution >= 4 is 5.69 Å². The number of benzene rings is 1. The fourth-order valence-electron chi connectivity index (χ4n) is 1.06. The molecular formula is C11H14N2. The van der Waals surface area contributed by atoms with Crippen LogP contribution in [0.15, 0.2) is 24.3 Å². The second-order valence-electron chi connectivity index (χ2n) is 4.06. The number of hydrogen-bond acceptors (Lipinski definition) is 2. The fourth-order valence-corrected chi connectivity index (χ4v) is 1.06. The highest BCUT2D eigenvalue weighted by Crippen LogP contribution is 2.14. The summed E-state index contributed by atoms with van der Waals surface area (Å²) >= 11 is 0. The molecule has 0 saturated heterocycles. The molecule has 1 aromatic rings. The van der Waals surface area contributed by atoms with Crippen LogP contribution < -0.4 is 5.32 Å². The van der Waals surface area contributed by atoms with Crippen LogP contribution in [0.1, 0.15) is 26.3 Å². The molecule has 0 amide bonds. The van der Waals surface area contributed by atoms with E-state index in [-0.39, 0.29) is 5.54 Å². The van der Waals surface area contributed by atoms with Gasteiger partial charge in [0.15, 0.2) is 0 Å². The molecule has 0 saturated carbocycles. The standard InChI is InChI=1S/C11H14N2/c1-11(2,3)13-10-6-4-9(8-12)5-7-10/h4-7,13H,1-3H3. The Morgan fingerprint density at radius 2 is 1.69 bits per heavy atom. The largest absolute Gasteiger partial charge is 0.380 e. The van der Waals surface area contributed by atoms with Gasteiger partial charge in [-0.25, -0.2) is 0 Å². The van der Waals surface area contributed by atoms with Crippen LogP contribution in [-0.2, 0) is 0 Å². The maximum Gasteiger partial charge on any atom is 0.0991 e. The molecule has 0 radical (unpaired) electrons. The summed E-state index contributed by atoms with van der Waals surface area (Å²) in [7, 11) is 0. The van der Waals surface area contributed by atoms with E-state index >= 15 is 0 Å². The molecule has 1 aromatic carbocycles. The minimum Gasteiger partial charge on any atom is -0.380 e. The lowest BCUT2D eigenvalue weighted by Gasteiger charge is -2.21. The number of hydrogen-bond donors (Lipinski definition) is 1. The lowest BCUT2D eigenvalue weighted by atomic mass is 10.1. The van der Waals surface area contributed by atoms with Gasteiger partial charge in [0.05, 0.1) is 11.6 Å². The third-order valence-electron chi connectivity index (χ3n) is 1.53. The van der Waals surface area contributed by atoms with Crippen molar-refractivity contribution in [1.29, 1.82) is 5.26 Å². The van der Waals surface area contributed by atoms with Gasteiger partial charge in [-0.1, -0.05) is 0 Å². The Kier molecular flexibility index (Phi) is 2.57. The molecule has 0 spiro atoms. The van der Waals surface area contributed by atoms with Crippen LogP contribution in [0.2, 0.25) is 0 Å². The molecule has 0 atom stereocenters. The zero-order valence-corrected chi connectivity index (χ0v) is 8.26. The molecule has 0 aromatic heterocycles. The third-order valence-corrected chi connectivity index (χ3v) is 1.53. The Hall–Kier alpha value is -1.49. The summed E-state index contributed by atoms with van der Waals surface area (Å²) in [5, 5.41) is 11.9. The van der Waals surface area contributed by atoms with Gasteiger partial charge in [0.2, 0.25) is 0 Å². The summed E-state index contributed by atoms with van der Waals surface area (Å²) in [4.78, 5) is 0. The normalized spacial score (nSPS) is 10.6. The lowest BCUT2D eigenvalue weighted by molar-refractivity contribution is 0.634. The van der Waals surface area contributed by atoms with Crippen LogP contribution in [0.3, 0.4) is 0 Å². The van der Waals surface area contributed by atoms with Gasteiger partial charge in [0.25, 0.3) is 0 Å². The summed E-state index contributed by atoms with van der Waals surface area (Å²) in [6.45, 7) is 6.31. The monoisotopic (exact) mass is 174 g/mol. The van der Waals surface area contributed by atoms with Gasteiger partial charge in [-0.15, -0.1) is 0 Å². The first-order valence-corrected chi connectivity index (χ1v) is 4.29. The van der Waals surface area contributed by atoms with E-state index in [1.165, 1.54) is 0 Å². The van der Waals surface area contributed by atoms with E-state index in [0.29, 0.717) is 5.56 Å². The van der Waals surface area contributed by atoms with Crippen LogP contribution in [0.5, 0.6) is 0 Å². The number of nitriles is 1. The molecule has 0 bridgehead atoms. The Labute approximate surface area is 79.2 Å². The van der Waals surface area contributed by atoms with Crippen molar-refractivity contribution in [3.63, 3.8) is 0 Å². The Balaban J connectivity index is 2.77. The molecule has 1 rings (SSSR count). The van der Waals surface area contributed by atoms with E-state index in [4.69, 9.17) is 5.26 Å². The smallest absolute Gasteiger partial charge is 0.0991 e. The maximum absolute atomic E-state index is 8.59. The number of nitrogens with one attached hydrogen (secondary N) is 1. The van der Waals surface area contributed by atoms with Gasteiger partial charge in [0, 0.05) is 11.2 Å². The van der Waals surface area contributed by atoms with Crippen molar-refractivity contribution in [3.05, 3.63) is 29.8 Å². The Bertz CT molecular complexity index is 311. The first-order valence-electron chi connectivity index (χ1n) is 4.29. The highest BCUT2D eigenvalue weighted by Gasteiger charge is 2.08. The van der Waals surface area contributed by atoms with Crippen LogP contribution in [0.25, 0.3) is 0 Å². The molecule has 68 valence electrons. The van der Waals surface area contributed by atoms with Gasteiger partial charge in [0.1, 0.15) is 0 Å². The predicted molar refractivity (Wildman–Crippen MR) is 54.5 cm³/mol. The molecule has 0 aliphatic rings. The predicted octanol–water partition coefficient (Wildman–Crippen LogP) is 2.77. The molecule has 2 heteroatoms. The molecule has 0 aliphatic carbocycles. The average Bonchev–Trinajstić information content (AvgIpc) is 2.03. The van der Waals surface area contributed by atoms with Gasteiger partial charge >= 0.3 is 0 Å². The van der Waals surface area contributed by atoms with Crippen molar-refractivity contribution in [3.8, 4) is 6.07 Å². The Morgan fingerprint density at radius 1 is 1.15 bits per heavy atom. The van der Waals surface area contributed by atoms with Crippen LogP contribution in [0, 0.1) is 11.3 Å². The molecule has 0 aliphatic heterocycles. The second kappa shape index (κ2) is 3.49. The summed E-state index contributed by atoms with van der Waals surface area (Å²) in [5.74, 6) is 0. The third kappa shape index (κ3) is 3.16. The molecule has 0 unspecified atom stereocenters. The summed E-state index contributed by atoms with van der Waals surface area (Å²) < 4.78 is 0. The second-order valence-corrected chi connectivity index (χ2v) is 4.06. The van der Waals surface area contributed by atoms with Gasteiger partial charge in [-0.3, -0.25) is 0 Å². The number of rotatable bonds is 1. The Morgan fingerprint density at radius 3 is 2.08 bits per heavy atom. The van der Waals surface area contributed by atoms with Gasteiger partial charge < -0.3 is 5.32 Å². The number of nitrogens with zero attached hydrogens (tertiary/aromatic N) is 1. The van der Waals surface area contributed by atoms with E-state index in [9.17, 15) is 0 Å². The zero-order valence-electron chi connectivity index (χ0n) is 8.26. The molecule has 13 heavy (non-hydrogen) atoms. The van der Waals surface area contributed by atoms with Gasteiger partial charge in [-0.05, 0) is 45.0 Å². The van der Waals surface area contributed by atoms with Crippen LogP contribution in [0.4, 0.5) is 5.69 Å². The summed E-state index contributed by atoms with van der Waals surface area (Å²) in [6.07, 6.45) is 0. The quantitative estimate of drug-likeness (QED) is 0.710. The minimum atomic E-state index is 0.0637. The maximum atomic E-state index is 8.59. The minimum absolute atomic E-state index is 0.0637. The summed E-state index contributed by atoms with van der Waals surface area (Å²) in [5.41, 5.74) is 1.81. The average molecular weight is 174 g/mol. The molecule has 0 fully saturated rings. The lowest BCUT2D eigenvalue weighted by Crippen LogP contribution is -2.25. The van der Waals surface area contributed by atoms with Crippen molar-refractivity contribution in [2.45, 2.75) is 26.3 Å². The van der Waals surface area contributed by atoms with E-state index in [0.717, 1.165) is 5.69 Å². The van der Waals surface area contributed by atoms with E-state index in [1.54, 1.807) is 0 Å². The van der Waals surface area contributed by atoms with Crippen molar-refractivity contribution < 1.29 is 0 Å².